The molecule has 1 amide bonds. The number of fused-ring (bicyclic) bond motifs is 1. The number of hydrogen-bond donors (Lipinski definition) is 3. The topological polar surface area (TPSA) is 180 Å². The van der Waals surface area contributed by atoms with Gasteiger partial charge in [0.15, 0.2) is 11.5 Å². The lowest BCUT2D eigenvalue weighted by Gasteiger charge is -2.32. The predicted molar refractivity (Wildman–Crippen MR) is 284 cm³/mol. The highest BCUT2D eigenvalue weighted by Crippen LogP contribution is 2.41. The molecular weight excluding hydrogens is 1010 g/mol. The number of imidazole rings is 1. The third-order valence-electron chi connectivity index (χ3n) is 12.1. The molecule has 0 unspecified atom stereocenters. The van der Waals surface area contributed by atoms with Crippen molar-refractivity contribution in [3.63, 3.8) is 0 Å². The molecule has 5 heterocycles. The highest BCUT2D eigenvalue weighted by Gasteiger charge is 2.32. The molecule has 9 rings (SSSR count). The standard InChI is InChI=1S/C28H22F3N7O.C26H29Cl2N5O3/c1-17-5-6-19(10-25(17)37-27-33-9-7-24(36-27)20-4-3-8-32-14-20)26(39)35-22-11-21(28(29,30)31)12-23(13-22)38-15-18(2)34-16-38;1-32-6-8-33(9-7-32)5-4-10-36-25-13-21-18(11-24(25)35-3)26(17(15-29)16-30-21)31-22-14-23(34-2)20(28)12-19(22)27/h3-16H,1-2H3,(H,35,39)(H,33,36,37);11-14,16H,4-10H2,1-3H3,(H,30,31). The molecule has 0 atom stereocenters. The van der Waals surface area contributed by atoms with Crippen molar-refractivity contribution >= 4 is 68.7 Å². The molecule has 0 saturated carbocycles. The molecule has 1 saturated heterocycles. The number of benzene rings is 4. The summed E-state index contributed by atoms with van der Waals surface area (Å²) in [6, 6.07) is 22.8. The molecule has 4 aromatic heterocycles. The van der Waals surface area contributed by atoms with Crippen LogP contribution in [-0.4, -0.2) is 106 Å². The number of rotatable bonds is 15. The SMILES string of the molecule is COc1cc(Nc2c(C#N)cnc3cc(OCCCN4CCN(C)CC4)c(OC)cc23)c(Cl)cc1Cl.Cc1cn(-c2cc(NC(=O)c3ccc(C)c(Nc4nccc(-c5cccnc5)n4)c3)cc(C(F)(F)F)c2)cn1. The number of pyridine rings is 2. The van der Waals surface area contributed by atoms with Gasteiger partial charge < -0.3 is 44.5 Å². The zero-order chi connectivity index (χ0) is 53.2. The average Bonchev–Trinajstić information content (AvgIpc) is 3.85. The van der Waals surface area contributed by atoms with Crippen LogP contribution in [0.25, 0.3) is 27.8 Å². The van der Waals surface area contributed by atoms with Crippen molar-refractivity contribution in [2.45, 2.75) is 26.4 Å². The van der Waals surface area contributed by atoms with Crippen molar-refractivity contribution in [3.05, 3.63) is 154 Å². The van der Waals surface area contributed by atoms with Gasteiger partial charge in [-0.2, -0.15) is 18.4 Å². The van der Waals surface area contributed by atoms with Crippen LogP contribution in [0.3, 0.4) is 0 Å². The van der Waals surface area contributed by atoms with E-state index in [0.717, 1.165) is 62.4 Å². The first-order valence-corrected chi connectivity index (χ1v) is 24.2. The van der Waals surface area contributed by atoms with E-state index in [1.54, 1.807) is 81.3 Å². The van der Waals surface area contributed by atoms with Gasteiger partial charge in [0.2, 0.25) is 5.95 Å². The lowest BCUT2D eigenvalue weighted by Crippen LogP contribution is -2.44. The molecule has 1 aliphatic rings. The largest absolute Gasteiger partial charge is 0.495 e. The van der Waals surface area contributed by atoms with Crippen LogP contribution >= 0.6 is 23.2 Å². The number of methoxy groups -OCH3 is 2. The summed E-state index contributed by atoms with van der Waals surface area (Å²) in [6.07, 6.45) is 5.82. The molecule has 8 aromatic rings. The van der Waals surface area contributed by atoms with Gasteiger partial charge >= 0.3 is 6.18 Å². The van der Waals surface area contributed by atoms with Crippen molar-refractivity contribution in [2.24, 2.45) is 0 Å². The van der Waals surface area contributed by atoms with Crippen molar-refractivity contribution in [1.82, 2.24) is 39.3 Å². The number of nitrogens with zero attached hydrogens (tertiary/aromatic N) is 9. The number of amides is 1. The molecule has 0 radical (unpaired) electrons. The van der Waals surface area contributed by atoms with E-state index in [9.17, 15) is 23.2 Å². The molecule has 16 nitrogen and oxygen atoms in total. The van der Waals surface area contributed by atoms with Crippen molar-refractivity contribution < 1.29 is 32.2 Å². The predicted octanol–water partition coefficient (Wildman–Crippen LogP) is 11.5. The minimum Gasteiger partial charge on any atom is -0.495 e. The average molecular weight is 1060 g/mol. The number of anilines is 5. The van der Waals surface area contributed by atoms with Gasteiger partial charge in [-0.15, -0.1) is 0 Å². The first-order valence-electron chi connectivity index (χ1n) is 23.5. The number of carbonyl (C=O) groups excluding carboxylic acids is 1. The number of nitrogens with one attached hydrogen (secondary N) is 3. The Kier molecular flexibility index (Phi) is 17.0. The summed E-state index contributed by atoms with van der Waals surface area (Å²) >= 11 is 12.6. The van der Waals surface area contributed by atoms with Crippen LogP contribution in [0.1, 0.15) is 39.2 Å². The van der Waals surface area contributed by atoms with Crippen LogP contribution in [0.4, 0.5) is 41.9 Å². The highest BCUT2D eigenvalue weighted by atomic mass is 35.5. The van der Waals surface area contributed by atoms with E-state index >= 15 is 0 Å². The first-order chi connectivity index (χ1) is 36.1. The summed E-state index contributed by atoms with van der Waals surface area (Å²) < 4.78 is 59.3. The van der Waals surface area contributed by atoms with Crippen LogP contribution in [0, 0.1) is 25.2 Å². The van der Waals surface area contributed by atoms with E-state index in [4.69, 9.17) is 37.4 Å². The van der Waals surface area contributed by atoms with Gasteiger partial charge in [0.1, 0.15) is 11.8 Å². The fraction of sp³-hybridized carbons (Fsp3) is 0.241. The summed E-state index contributed by atoms with van der Waals surface area (Å²) in [5.41, 5.74) is 5.20. The van der Waals surface area contributed by atoms with E-state index in [0.29, 0.717) is 84.8 Å². The molecule has 21 heteroatoms. The summed E-state index contributed by atoms with van der Waals surface area (Å²) in [5.74, 6) is 1.37. The first kappa shape index (κ1) is 53.3. The molecule has 0 aliphatic carbocycles. The fourth-order valence-electron chi connectivity index (χ4n) is 8.02. The lowest BCUT2D eigenvalue weighted by atomic mass is 10.1. The van der Waals surface area contributed by atoms with Gasteiger partial charge in [0.25, 0.3) is 5.91 Å². The number of ether oxygens (including phenoxy) is 3. The van der Waals surface area contributed by atoms with Crippen molar-refractivity contribution in [1.29, 1.82) is 5.26 Å². The molecule has 0 spiro atoms. The Morgan fingerprint density at radius 3 is 2.35 bits per heavy atom. The Balaban J connectivity index is 0.000000200. The number of aromatic nitrogens is 6. The second-order valence-corrected chi connectivity index (χ2v) is 18.2. The van der Waals surface area contributed by atoms with E-state index in [1.165, 1.54) is 30.3 Å². The maximum atomic E-state index is 13.6. The number of nitriles is 1. The molecule has 0 bridgehead atoms. The maximum absolute atomic E-state index is 13.6. The van der Waals surface area contributed by atoms with Crippen LogP contribution < -0.4 is 30.2 Å². The van der Waals surface area contributed by atoms with Gasteiger partial charge in [-0.05, 0) is 93.5 Å². The van der Waals surface area contributed by atoms with Crippen molar-refractivity contribution in [2.75, 3.05) is 76.5 Å². The van der Waals surface area contributed by atoms with Crippen LogP contribution in [0.15, 0.2) is 116 Å². The number of likely N-dealkylation sites (N-methyl/N-ethyl adjacent to an activating group) is 1. The van der Waals surface area contributed by atoms with Crippen LogP contribution in [0.5, 0.6) is 17.2 Å². The molecule has 1 fully saturated rings. The van der Waals surface area contributed by atoms with Gasteiger partial charge in [-0.3, -0.25) is 14.8 Å². The minimum absolute atomic E-state index is 0.00114. The third-order valence-corrected chi connectivity index (χ3v) is 12.7. The highest BCUT2D eigenvalue weighted by molar-refractivity contribution is 6.37. The minimum atomic E-state index is -4.60. The van der Waals surface area contributed by atoms with Crippen molar-refractivity contribution in [3.8, 4) is 40.3 Å². The Hall–Kier alpha value is -8.02. The quantitative estimate of drug-likeness (QED) is 0.0825. The number of halogens is 5. The molecule has 4 aromatic carbocycles. The molecule has 75 heavy (non-hydrogen) atoms. The van der Waals surface area contributed by atoms with E-state index in [2.05, 4.69) is 63.8 Å². The Morgan fingerprint density at radius 1 is 0.840 bits per heavy atom. The number of piperazine rings is 1. The smallest absolute Gasteiger partial charge is 0.416 e. The van der Waals surface area contributed by atoms with E-state index in [-0.39, 0.29) is 16.9 Å². The number of hydrogen-bond acceptors (Lipinski definition) is 14. The number of carbonyl (C=O) groups is 1. The Labute approximate surface area is 441 Å². The Bertz CT molecular complexity index is 3370. The summed E-state index contributed by atoms with van der Waals surface area (Å²) in [5, 5.41) is 20.2. The molecule has 3 N–H and O–H groups in total. The second-order valence-electron chi connectivity index (χ2n) is 17.4. The number of alkyl halides is 3. The second kappa shape index (κ2) is 23.9. The monoisotopic (exact) mass is 1060 g/mol. The van der Waals surface area contributed by atoms with Crippen LogP contribution in [-0.2, 0) is 6.18 Å². The summed E-state index contributed by atoms with van der Waals surface area (Å²) in [6.45, 7) is 9.50. The van der Waals surface area contributed by atoms with Crippen LogP contribution in [0.2, 0.25) is 10.0 Å². The normalized spacial score (nSPS) is 12.8. The van der Waals surface area contributed by atoms with Gasteiger partial charge in [-0.1, -0.05) is 29.3 Å². The molecule has 386 valence electrons. The summed E-state index contributed by atoms with van der Waals surface area (Å²) in [7, 11) is 5.27. The van der Waals surface area contributed by atoms with Gasteiger partial charge in [-0.25, -0.2) is 15.0 Å². The number of aryl methyl sites for hydroxylation is 2. The van der Waals surface area contributed by atoms with Gasteiger partial charge in [0, 0.05) is 109 Å². The zero-order valence-corrected chi connectivity index (χ0v) is 43.0. The Morgan fingerprint density at radius 2 is 1.64 bits per heavy atom. The molecule has 1 aliphatic heterocycles. The van der Waals surface area contributed by atoms with E-state index < -0.39 is 17.6 Å². The summed E-state index contributed by atoms with van der Waals surface area (Å²) in [4.78, 5) is 39.3. The van der Waals surface area contributed by atoms with E-state index in [1.807, 2.05) is 25.1 Å². The third kappa shape index (κ3) is 13.4. The lowest BCUT2D eigenvalue weighted by molar-refractivity contribution is -0.137. The fourth-order valence-corrected chi connectivity index (χ4v) is 8.53. The maximum Gasteiger partial charge on any atom is 0.416 e. The van der Waals surface area contributed by atoms with Gasteiger partial charge in [0.05, 0.1) is 76.6 Å². The zero-order valence-electron chi connectivity index (χ0n) is 41.5. The molecular formula is C54H51Cl2F3N12O4.